The second-order valence-corrected chi connectivity index (χ2v) is 9.30. The number of likely N-dealkylation sites (tertiary alicyclic amines) is 1. The number of aryl methyl sites for hydroxylation is 1. The van der Waals surface area contributed by atoms with Gasteiger partial charge in [0, 0.05) is 25.7 Å². The molecule has 4 heterocycles. The molecule has 4 aromatic rings. The van der Waals surface area contributed by atoms with Crippen LogP contribution < -0.4 is 4.74 Å². The molecule has 1 amide bonds. The Kier molecular flexibility index (Phi) is 6.40. The Morgan fingerprint density at radius 1 is 1.21 bits per heavy atom. The lowest BCUT2D eigenvalue weighted by Crippen LogP contribution is -2.39. The number of nitrogens with zero attached hydrogens (tertiary/aromatic N) is 4. The van der Waals surface area contributed by atoms with Crippen molar-refractivity contribution in [3.05, 3.63) is 82.8 Å². The molecule has 8 heteroatoms. The molecule has 3 aromatic heterocycles. The maximum absolute atomic E-state index is 13.5. The van der Waals surface area contributed by atoms with Gasteiger partial charge in [0.15, 0.2) is 5.89 Å². The summed E-state index contributed by atoms with van der Waals surface area (Å²) in [4.78, 5) is 29.7. The maximum Gasteiger partial charge on any atom is 0.256 e. The van der Waals surface area contributed by atoms with Crippen molar-refractivity contribution in [1.29, 1.82) is 0 Å². The number of piperidine rings is 1. The van der Waals surface area contributed by atoms with Gasteiger partial charge in [0.1, 0.15) is 11.5 Å². The van der Waals surface area contributed by atoms with E-state index in [9.17, 15) is 4.79 Å². The average molecular weight is 475 g/mol. The van der Waals surface area contributed by atoms with E-state index in [4.69, 9.17) is 9.15 Å². The summed E-state index contributed by atoms with van der Waals surface area (Å²) in [5.74, 6) is 2.42. The van der Waals surface area contributed by atoms with Gasteiger partial charge in [-0.15, -0.1) is 11.3 Å². The van der Waals surface area contributed by atoms with Crippen molar-refractivity contribution >= 4 is 17.2 Å². The molecular formula is C26H26N4O3S. The van der Waals surface area contributed by atoms with Crippen LogP contribution in [0.5, 0.6) is 5.75 Å². The molecule has 1 aromatic carbocycles. The van der Waals surface area contributed by atoms with Crippen LogP contribution in [0.15, 0.2) is 58.7 Å². The Balaban J connectivity index is 1.30. The number of amides is 1. The number of hydrogen-bond donors (Lipinski definition) is 0. The SMILES string of the molecule is COc1ccc(Cc2cnc(C3CCCN(C(=O)c4cccnc4-c4scnc4C)C3)o2)cc1. The molecular weight excluding hydrogens is 448 g/mol. The van der Waals surface area contributed by atoms with Gasteiger partial charge in [-0.25, -0.2) is 9.97 Å². The Labute approximate surface area is 202 Å². The third-order valence-electron chi connectivity index (χ3n) is 6.17. The van der Waals surface area contributed by atoms with Crippen LogP contribution in [-0.2, 0) is 6.42 Å². The summed E-state index contributed by atoms with van der Waals surface area (Å²) >= 11 is 1.51. The molecule has 0 spiro atoms. The number of pyridine rings is 1. The summed E-state index contributed by atoms with van der Waals surface area (Å²) in [6.07, 6.45) is 6.04. The average Bonchev–Trinajstić information content (AvgIpc) is 3.53. The summed E-state index contributed by atoms with van der Waals surface area (Å²) < 4.78 is 11.3. The van der Waals surface area contributed by atoms with E-state index in [0.717, 1.165) is 40.5 Å². The third-order valence-corrected chi connectivity index (χ3v) is 7.10. The second-order valence-electron chi connectivity index (χ2n) is 8.45. The summed E-state index contributed by atoms with van der Waals surface area (Å²) in [6, 6.07) is 11.6. The molecule has 0 bridgehead atoms. The van der Waals surface area contributed by atoms with Gasteiger partial charge in [-0.3, -0.25) is 9.78 Å². The molecule has 1 aliphatic heterocycles. The molecule has 174 valence electrons. The lowest BCUT2D eigenvalue weighted by atomic mass is 9.97. The van der Waals surface area contributed by atoms with E-state index in [1.807, 2.05) is 48.2 Å². The summed E-state index contributed by atoms with van der Waals surface area (Å²) in [6.45, 7) is 3.24. The molecule has 1 fully saturated rings. The van der Waals surface area contributed by atoms with E-state index in [1.165, 1.54) is 11.3 Å². The van der Waals surface area contributed by atoms with Gasteiger partial charge in [-0.1, -0.05) is 12.1 Å². The molecule has 0 saturated carbocycles. The standard InChI is InChI=1S/C26H26N4O3S/c1-17-24(34-16-29-17)23-22(6-3-11-27-23)26(31)30-12-4-5-19(15-30)25-28-14-21(33-25)13-18-7-9-20(32-2)10-8-18/h3,6-11,14,16,19H,4-5,12-13,15H2,1-2H3. The highest BCUT2D eigenvalue weighted by Crippen LogP contribution is 2.32. The maximum atomic E-state index is 13.5. The number of carbonyl (C=O) groups excluding carboxylic acids is 1. The van der Waals surface area contributed by atoms with Crippen LogP contribution in [0.25, 0.3) is 10.6 Å². The van der Waals surface area contributed by atoms with E-state index in [2.05, 4.69) is 15.0 Å². The summed E-state index contributed by atoms with van der Waals surface area (Å²) in [5, 5.41) is 0. The highest BCUT2D eigenvalue weighted by Gasteiger charge is 2.30. The van der Waals surface area contributed by atoms with Crippen molar-refractivity contribution in [2.75, 3.05) is 20.2 Å². The molecule has 1 unspecified atom stereocenters. The first kappa shape index (κ1) is 22.3. The Morgan fingerprint density at radius 3 is 2.82 bits per heavy atom. The molecule has 0 aliphatic carbocycles. The van der Waals surface area contributed by atoms with Crippen molar-refractivity contribution in [2.45, 2.75) is 32.1 Å². The van der Waals surface area contributed by atoms with E-state index >= 15 is 0 Å². The van der Waals surface area contributed by atoms with Gasteiger partial charge in [0.25, 0.3) is 5.91 Å². The van der Waals surface area contributed by atoms with Crippen molar-refractivity contribution < 1.29 is 13.9 Å². The number of aromatic nitrogens is 3. The van der Waals surface area contributed by atoms with Crippen LogP contribution in [0, 0.1) is 6.92 Å². The molecule has 0 N–H and O–H groups in total. The number of ether oxygens (including phenoxy) is 1. The fraction of sp³-hybridized carbons (Fsp3) is 0.308. The number of rotatable bonds is 6. The van der Waals surface area contributed by atoms with Crippen molar-refractivity contribution in [1.82, 2.24) is 19.9 Å². The van der Waals surface area contributed by atoms with Crippen LogP contribution in [0.3, 0.4) is 0 Å². The normalized spacial score (nSPS) is 15.9. The van der Waals surface area contributed by atoms with Crippen LogP contribution in [0.1, 0.15) is 52.0 Å². The van der Waals surface area contributed by atoms with Crippen molar-refractivity contribution in [3.63, 3.8) is 0 Å². The monoisotopic (exact) mass is 474 g/mol. The topological polar surface area (TPSA) is 81.4 Å². The fourth-order valence-corrected chi connectivity index (χ4v) is 5.17. The lowest BCUT2D eigenvalue weighted by Gasteiger charge is -2.31. The lowest BCUT2D eigenvalue weighted by molar-refractivity contribution is 0.0698. The number of carbonyl (C=O) groups is 1. The zero-order valence-electron chi connectivity index (χ0n) is 19.2. The van der Waals surface area contributed by atoms with Gasteiger partial charge < -0.3 is 14.1 Å². The van der Waals surface area contributed by atoms with Crippen molar-refractivity contribution in [2.24, 2.45) is 0 Å². The minimum atomic E-state index is -0.00869. The molecule has 1 aliphatic rings. The Hall–Kier alpha value is -3.52. The molecule has 5 rings (SSSR count). The van der Waals surface area contributed by atoms with Crippen LogP contribution in [0.2, 0.25) is 0 Å². The summed E-state index contributed by atoms with van der Waals surface area (Å²) in [5.41, 5.74) is 5.12. The van der Waals surface area contributed by atoms with Gasteiger partial charge in [-0.2, -0.15) is 0 Å². The molecule has 1 atom stereocenters. The first-order chi connectivity index (χ1) is 16.6. The number of hydrogen-bond acceptors (Lipinski definition) is 7. The number of thiazole rings is 1. The third kappa shape index (κ3) is 4.59. The Bertz CT molecular complexity index is 1280. The fourth-order valence-electron chi connectivity index (χ4n) is 4.36. The highest BCUT2D eigenvalue weighted by atomic mass is 32.1. The number of benzene rings is 1. The number of oxazole rings is 1. The molecule has 7 nitrogen and oxygen atoms in total. The van der Waals surface area contributed by atoms with Gasteiger partial charge in [0.05, 0.1) is 46.6 Å². The molecule has 1 saturated heterocycles. The van der Waals surface area contributed by atoms with Crippen molar-refractivity contribution in [3.8, 4) is 16.3 Å². The smallest absolute Gasteiger partial charge is 0.256 e. The number of methoxy groups -OCH3 is 1. The van der Waals surface area contributed by atoms with Gasteiger partial charge >= 0.3 is 0 Å². The molecule has 34 heavy (non-hydrogen) atoms. The van der Waals surface area contributed by atoms with Gasteiger partial charge in [-0.05, 0) is 49.6 Å². The first-order valence-corrected chi connectivity index (χ1v) is 12.2. The van der Waals surface area contributed by atoms with Crippen LogP contribution >= 0.6 is 11.3 Å². The zero-order chi connectivity index (χ0) is 23.5. The van der Waals surface area contributed by atoms with E-state index in [0.29, 0.717) is 36.7 Å². The highest BCUT2D eigenvalue weighted by molar-refractivity contribution is 7.13. The first-order valence-electron chi connectivity index (χ1n) is 11.3. The minimum absolute atomic E-state index is 0.00869. The predicted molar refractivity (Wildman–Crippen MR) is 130 cm³/mol. The predicted octanol–water partition coefficient (Wildman–Crippen LogP) is 5.12. The largest absolute Gasteiger partial charge is 0.497 e. The minimum Gasteiger partial charge on any atom is -0.497 e. The van der Waals surface area contributed by atoms with Crippen LogP contribution in [-0.4, -0.2) is 46.0 Å². The summed E-state index contributed by atoms with van der Waals surface area (Å²) in [7, 11) is 1.66. The van der Waals surface area contributed by atoms with E-state index in [1.54, 1.807) is 25.0 Å². The Morgan fingerprint density at radius 2 is 2.06 bits per heavy atom. The van der Waals surface area contributed by atoms with Crippen LogP contribution in [0.4, 0.5) is 0 Å². The van der Waals surface area contributed by atoms with Gasteiger partial charge in [0.2, 0.25) is 0 Å². The zero-order valence-corrected chi connectivity index (χ0v) is 20.0. The second kappa shape index (κ2) is 9.77. The van der Waals surface area contributed by atoms with E-state index < -0.39 is 0 Å². The quantitative estimate of drug-likeness (QED) is 0.386. The van der Waals surface area contributed by atoms with E-state index in [-0.39, 0.29) is 11.8 Å². The molecule has 0 radical (unpaired) electrons.